The first-order valence-corrected chi connectivity index (χ1v) is 7.93. The Kier molecular flexibility index (Phi) is 4.70. The van der Waals surface area contributed by atoms with Crippen molar-refractivity contribution in [1.82, 2.24) is 9.55 Å². The number of benzene rings is 1. The van der Waals surface area contributed by atoms with Gasteiger partial charge in [0.1, 0.15) is 12.4 Å². The molecule has 0 aliphatic rings. The zero-order valence-corrected chi connectivity index (χ0v) is 14.2. The number of aliphatic hydroxyl groups excluding tert-OH is 1. The summed E-state index contributed by atoms with van der Waals surface area (Å²) in [6, 6.07) is 8.40. The summed E-state index contributed by atoms with van der Waals surface area (Å²) in [4.78, 5) is 16.3. The summed E-state index contributed by atoms with van der Waals surface area (Å²) in [6.45, 7) is 0.226. The highest BCUT2D eigenvalue weighted by atomic mass is 79.9. The lowest BCUT2D eigenvalue weighted by Crippen LogP contribution is -2.11. The monoisotopic (exact) mass is 398 g/mol. The number of nitrogens with zero attached hydrogens (tertiary/aromatic N) is 2. The molecule has 1 N–H and O–H groups in total. The van der Waals surface area contributed by atoms with Crippen LogP contribution in [0.4, 0.5) is 0 Å². The molecule has 2 heterocycles. The van der Waals surface area contributed by atoms with Crippen LogP contribution in [-0.4, -0.2) is 27.2 Å². The number of imidazole rings is 1. The standard InChI is InChI=1S/C15H12BrClN2O4/c16-13-4-3-12(23-13)15(21)22-8-14-18-10-2-1-9(17)7-11(10)19(14)5-6-20/h1-4,7,20H,5-6,8H2. The summed E-state index contributed by atoms with van der Waals surface area (Å²) in [6.07, 6.45) is 0. The minimum Gasteiger partial charge on any atom is -0.452 e. The van der Waals surface area contributed by atoms with Crippen LogP contribution < -0.4 is 0 Å². The molecule has 8 heteroatoms. The second kappa shape index (κ2) is 6.74. The van der Waals surface area contributed by atoms with E-state index in [1.807, 2.05) is 0 Å². The van der Waals surface area contributed by atoms with Crippen molar-refractivity contribution in [3.63, 3.8) is 0 Å². The SMILES string of the molecule is O=C(OCc1nc2ccc(Cl)cc2n1CCO)c1ccc(Br)o1. The molecule has 0 saturated carbocycles. The third kappa shape index (κ3) is 3.41. The first-order valence-electron chi connectivity index (χ1n) is 6.76. The number of halogens is 2. The highest BCUT2D eigenvalue weighted by Crippen LogP contribution is 2.22. The lowest BCUT2D eigenvalue weighted by Gasteiger charge is -2.07. The lowest BCUT2D eigenvalue weighted by atomic mass is 10.3. The molecule has 120 valence electrons. The Hall–Kier alpha value is -1.83. The Morgan fingerprint density at radius 3 is 2.91 bits per heavy atom. The van der Waals surface area contributed by atoms with Crippen molar-refractivity contribution in [1.29, 1.82) is 0 Å². The van der Waals surface area contributed by atoms with Crippen molar-refractivity contribution in [3.8, 4) is 0 Å². The van der Waals surface area contributed by atoms with Crippen LogP contribution in [0.2, 0.25) is 5.02 Å². The minimum absolute atomic E-state index is 0.0382. The molecule has 2 aromatic heterocycles. The van der Waals surface area contributed by atoms with Gasteiger partial charge in [0.25, 0.3) is 0 Å². The summed E-state index contributed by atoms with van der Waals surface area (Å²) < 4.78 is 12.6. The van der Waals surface area contributed by atoms with Crippen LogP contribution in [0.5, 0.6) is 0 Å². The zero-order chi connectivity index (χ0) is 16.4. The average molecular weight is 400 g/mol. The molecule has 0 unspecified atom stereocenters. The fourth-order valence-electron chi connectivity index (χ4n) is 2.23. The molecule has 23 heavy (non-hydrogen) atoms. The summed E-state index contributed by atoms with van der Waals surface area (Å²) in [5.74, 6) is 0.0383. The lowest BCUT2D eigenvalue weighted by molar-refractivity contribution is 0.0420. The maximum Gasteiger partial charge on any atom is 0.374 e. The molecule has 0 bridgehead atoms. The van der Waals surface area contributed by atoms with E-state index in [1.54, 1.807) is 28.8 Å². The molecular weight excluding hydrogens is 388 g/mol. The molecule has 3 aromatic rings. The highest BCUT2D eigenvalue weighted by molar-refractivity contribution is 9.10. The van der Waals surface area contributed by atoms with Crippen molar-refractivity contribution in [2.24, 2.45) is 0 Å². The molecule has 0 fully saturated rings. The summed E-state index contributed by atoms with van der Waals surface area (Å²) in [7, 11) is 0. The normalized spacial score (nSPS) is 11.1. The molecule has 0 aliphatic carbocycles. The Morgan fingerprint density at radius 2 is 2.22 bits per heavy atom. The van der Waals surface area contributed by atoms with Gasteiger partial charge in [0, 0.05) is 11.6 Å². The number of aliphatic hydroxyl groups is 1. The molecule has 0 radical (unpaired) electrons. The van der Waals surface area contributed by atoms with Crippen molar-refractivity contribution in [2.45, 2.75) is 13.2 Å². The number of rotatable bonds is 5. The van der Waals surface area contributed by atoms with E-state index in [0.29, 0.717) is 22.1 Å². The first-order chi connectivity index (χ1) is 11.1. The third-order valence-electron chi connectivity index (χ3n) is 3.22. The second-order valence-corrected chi connectivity index (χ2v) is 5.93. The molecule has 0 amide bonds. The van der Waals surface area contributed by atoms with Gasteiger partial charge in [-0.3, -0.25) is 0 Å². The topological polar surface area (TPSA) is 77.5 Å². The molecular formula is C15H12BrClN2O4. The Balaban J connectivity index is 1.84. The van der Waals surface area contributed by atoms with Crippen molar-refractivity contribution in [2.75, 3.05) is 6.61 Å². The van der Waals surface area contributed by atoms with Crippen molar-refractivity contribution >= 4 is 44.5 Å². The fourth-order valence-corrected chi connectivity index (χ4v) is 2.70. The Labute approximate surface area is 144 Å². The predicted molar refractivity (Wildman–Crippen MR) is 87.4 cm³/mol. The number of aromatic nitrogens is 2. The minimum atomic E-state index is -0.587. The van der Waals surface area contributed by atoms with Crippen LogP contribution in [-0.2, 0) is 17.9 Å². The van der Waals surface area contributed by atoms with Crippen LogP contribution in [0, 0.1) is 0 Å². The third-order valence-corrected chi connectivity index (χ3v) is 3.88. The van der Waals surface area contributed by atoms with Gasteiger partial charge in [0.15, 0.2) is 4.67 Å². The maximum atomic E-state index is 11.9. The van der Waals surface area contributed by atoms with Gasteiger partial charge in [-0.05, 0) is 46.3 Å². The van der Waals surface area contributed by atoms with Gasteiger partial charge in [-0.1, -0.05) is 11.6 Å². The molecule has 0 spiro atoms. The van der Waals surface area contributed by atoms with Gasteiger partial charge in [-0.2, -0.15) is 0 Å². The second-order valence-electron chi connectivity index (χ2n) is 4.72. The Morgan fingerprint density at radius 1 is 1.39 bits per heavy atom. The molecule has 3 rings (SSSR count). The number of ether oxygens (including phenoxy) is 1. The first kappa shape index (κ1) is 16.0. The summed E-state index contributed by atoms with van der Waals surface area (Å²) in [5, 5.41) is 9.81. The molecule has 0 aliphatic heterocycles. The quantitative estimate of drug-likeness (QED) is 0.665. The van der Waals surface area contributed by atoms with Crippen LogP contribution in [0.1, 0.15) is 16.4 Å². The number of hydrogen-bond donors (Lipinski definition) is 1. The van der Waals surface area contributed by atoms with Gasteiger partial charge in [-0.15, -0.1) is 0 Å². The number of furan rings is 1. The van der Waals surface area contributed by atoms with Gasteiger partial charge < -0.3 is 18.8 Å². The largest absolute Gasteiger partial charge is 0.452 e. The zero-order valence-electron chi connectivity index (χ0n) is 11.8. The van der Waals surface area contributed by atoms with Crippen molar-refractivity contribution < 1.29 is 19.1 Å². The van der Waals surface area contributed by atoms with E-state index in [2.05, 4.69) is 20.9 Å². The smallest absolute Gasteiger partial charge is 0.374 e. The van der Waals surface area contributed by atoms with Gasteiger partial charge >= 0.3 is 5.97 Å². The number of hydrogen-bond acceptors (Lipinski definition) is 5. The van der Waals surface area contributed by atoms with E-state index < -0.39 is 5.97 Å². The van der Waals surface area contributed by atoms with E-state index in [-0.39, 0.29) is 19.0 Å². The van der Waals surface area contributed by atoms with Crippen LogP contribution in [0.25, 0.3) is 11.0 Å². The molecule has 0 atom stereocenters. The van der Waals surface area contributed by atoms with Gasteiger partial charge in [0.05, 0.1) is 17.6 Å². The number of esters is 1. The van der Waals surface area contributed by atoms with Crippen LogP contribution >= 0.6 is 27.5 Å². The molecule has 0 saturated heterocycles. The predicted octanol–water partition coefficient (Wildman–Crippen LogP) is 3.39. The summed E-state index contributed by atoms with van der Waals surface area (Å²) >= 11 is 9.13. The van der Waals surface area contributed by atoms with Gasteiger partial charge in [-0.25, -0.2) is 9.78 Å². The van der Waals surface area contributed by atoms with Crippen LogP contribution in [0.3, 0.4) is 0 Å². The van der Waals surface area contributed by atoms with E-state index in [9.17, 15) is 9.90 Å². The van der Waals surface area contributed by atoms with E-state index >= 15 is 0 Å². The number of carbonyl (C=O) groups excluding carboxylic acids is 1. The fraction of sp³-hybridized carbons (Fsp3) is 0.200. The summed E-state index contributed by atoms with van der Waals surface area (Å²) in [5.41, 5.74) is 1.49. The van der Waals surface area contributed by atoms with E-state index in [4.69, 9.17) is 20.8 Å². The van der Waals surface area contributed by atoms with Crippen LogP contribution in [0.15, 0.2) is 39.4 Å². The van der Waals surface area contributed by atoms with Gasteiger partial charge in [0.2, 0.25) is 5.76 Å². The molecule has 6 nitrogen and oxygen atoms in total. The Bertz CT molecular complexity index is 858. The highest BCUT2D eigenvalue weighted by Gasteiger charge is 2.16. The van der Waals surface area contributed by atoms with Crippen molar-refractivity contribution in [3.05, 3.63) is 51.6 Å². The van der Waals surface area contributed by atoms with E-state index in [1.165, 1.54) is 6.07 Å². The maximum absolute atomic E-state index is 11.9. The average Bonchev–Trinajstić information content (AvgIpc) is 3.10. The molecule has 1 aromatic carbocycles. The van der Waals surface area contributed by atoms with E-state index in [0.717, 1.165) is 11.0 Å². The number of carbonyl (C=O) groups is 1. The number of fused-ring (bicyclic) bond motifs is 1.